The van der Waals surface area contributed by atoms with E-state index < -0.39 is 14.9 Å². The van der Waals surface area contributed by atoms with Gasteiger partial charge in [-0.2, -0.15) is 4.31 Å². The van der Waals surface area contributed by atoms with Crippen LogP contribution in [0.2, 0.25) is 4.34 Å². The van der Waals surface area contributed by atoms with Gasteiger partial charge in [0.05, 0.1) is 16.9 Å². The molecule has 0 aliphatic carbocycles. The van der Waals surface area contributed by atoms with Crippen molar-refractivity contribution in [2.45, 2.75) is 11.4 Å². The lowest BCUT2D eigenvalue weighted by Crippen LogP contribution is -2.48. The number of halogens is 1. The zero-order chi connectivity index (χ0) is 19.6. The van der Waals surface area contributed by atoms with Crippen LogP contribution in [-0.4, -0.2) is 65.4 Å². The van der Waals surface area contributed by atoms with Crippen molar-refractivity contribution in [3.8, 4) is 5.75 Å². The van der Waals surface area contributed by atoms with Gasteiger partial charge >= 0.3 is 5.69 Å². The molecule has 13 heteroatoms. The van der Waals surface area contributed by atoms with E-state index in [-0.39, 0.29) is 29.4 Å². The Morgan fingerprint density at radius 1 is 1.33 bits per heavy atom. The summed E-state index contributed by atoms with van der Waals surface area (Å²) in [5.74, 6) is 0.0116. The predicted molar refractivity (Wildman–Crippen MR) is 98.6 cm³/mol. The number of benzene rings is 1. The van der Waals surface area contributed by atoms with E-state index in [1.165, 1.54) is 23.5 Å². The first-order valence-corrected chi connectivity index (χ1v) is 10.4. The highest BCUT2D eigenvalue weighted by Crippen LogP contribution is 2.31. The van der Waals surface area contributed by atoms with Gasteiger partial charge in [0.1, 0.15) is 10.0 Å². The molecule has 1 saturated heterocycles. The average Bonchev–Trinajstić information content (AvgIpc) is 3.06. The van der Waals surface area contributed by atoms with E-state index in [0.29, 0.717) is 29.7 Å². The van der Waals surface area contributed by atoms with Gasteiger partial charge < -0.3 is 4.74 Å². The normalized spacial score (nSPS) is 16.4. The predicted octanol–water partition coefficient (Wildman–Crippen LogP) is 1.61. The molecule has 1 fully saturated rings. The van der Waals surface area contributed by atoms with Crippen molar-refractivity contribution < 1.29 is 18.1 Å². The maximum atomic E-state index is 12.8. The summed E-state index contributed by atoms with van der Waals surface area (Å²) in [6.07, 6.45) is 0. The monoisotopic (exact) mass is 433 g/mol. The SMILES string of the molecule is COc1ccc(S(=O)(=O)N2CCN(Cc3nnsc3Cl)CC2)cc1[N+](=O)[O-]. The standard InChI is InChI=1S/C14H16ClN5O5S2/c1-25-13-3-2-10(8-12(13)20(21)22)27(23,24)19-6-4-18(5-7-19)9-11-14(15)26-17-16-11/h2-3,8H,4-7,9H2,1H3. The van der Waals surface area contributed by atoms with Crippen molar-refractivity contribution in [3.63, 3.8) is 0 Å². The fourth-order valence-electron chi connectivity index (χ4n) is 2.75. The molecule has 0 N–H and O–H groups in total. The molecule has 0 bridgehead atoms. The molecule has 0 saturated carbocycles. The van der Waals surface area contributed by atoms with Gasteiger partial charge in [-0.1, -0.05) is 16.1 Å². The Morgan fingerprint density at radius 2 is 2.04 bits per heavy atom. The number of methoxy groups -OCH3 is 1. The van der Waals surface area contributed by atoms with Crippen molar-refractivity contribution in [2.75, 3.05) is 33.3 Å². The third-order valence-corrected chi connectivity index (χ3v) is 7.08. The highest BCUT2D eigenvalue weighted by atomic mass is 35.5. The quantitative estimate of drug-likeness (QED) is 0.498. The molecule has 1 aliphatic rings. The van der Waals surface area contributed by atoms with Crippen LogP contribution in [0.15, 0.2) is 23.1 Å². The molecule has 3 rings (SSSR count). The zero-order valence-electron chi connectivity index (χ0n) is 14.2. The Bertz CT molecular complexity index is 943. The molecule has 10 nitrogen and oxygen atoms in total. The lowest BCUT2D eigenvalue weighted by atomic mass is 10.3. The van der Waals surface area contributed by atoms with Gasteiger partial charge in [-0.3, -0.25) is 15.0 Å². The number of hydrogen-bond acceptors (Lipinski definition) is 9. The summed E-state index contributed by atoms with van der Waals surface area (Å²) in [6, 6.07) is 3.63. The zero-order valence-corrected chi connectivity index (χ0v) is 16.6. The van der Waals surface area contributed by atoms with Gasteiger partial charge in [-0.15, -0.1) is 5.10 Å². The third kappa shape index (κ3) is 4.19. The van der Waals surface area contributed by atoms with Crippen LogP contribution in [0.3, 0.4) is 0 Å². The van der Waals surface area contributed by atoms with Gasteiger partial charge in [-0.05, 0) is 12.1 Å². The first-order chi connectivity index (χ1) is 12.8. The van der Waals surface area contributed by atoms with Crippen molar-refractivity contribution in [1.82, 2.24) is 18.8 Å². The summed E-state index contributed by atoms with van der Waals surface area (Å²) < 4.78 is 36.2. The van der Waals surface area contributed by atoms with Crippen LogP contribution < -0.4 is 4.74 Å². The molecule has 0 spiro atoms. The molecule has 2 heterocycles. The summed E-state index contributed by atoms with van der Waals surface area (Å²) in [7, 11) is -2.55. The van der Waals surface area contributed by atoms with Crippen molar-refractivity contribution in [3.05, 3.63) is 38.3 Å². The fraction of sp³-hybridized carbons (Fsp3) is 0.429. The van der Waals surface area contributed by atoms with Crippen LogP contribution in [0.5, 0.6) is 5.75 Å². The summed E-state index contributed by atoms with van der Waals surface area (Å²) in [6.45, 7) is 2.00. The minimum absolute atomic E-state index is 0.0116. The van der Waals surface area contributed by atoms with Crippen molar-refractivity contribution >= 4 is 38.8 Å². The van der Waals surface area contributed by atoms with E-state index in [0.717, 1.165) is 17.6 Å². The molecule has 0 radical (unpaired) electrons. The van der Waals surface area contributed by atoms with Crippen LogP contribution in [0, 0.1) is 10.1 Å². The van der Waals surface area contributed by atoms with Crippen LogP contribution in [0.25, 0.3) is 0 Å². The minimum atomic E-state index is -3.84. The first-order valence-electron chi connectivity index (χ1n) is 7.84. The Labute approximate surface area is 164 Å². The molecule has 27 heavy (non-hydrogen) atoms. The second-order valence-electron chi connectivity index (χ2n) is 5.76. The van der Waals surface area contributed by atoms with Crippen LogP contribution in [0.4, 0.5) is 5.69 Å². The summed E-state index contributed by atoms with van der Waals surface area (Å²) in [5.41, 5.74) is 0.284. The lowest BCUT2D eigenvalue weighted by Gasteiger charge is -2.33. The molecule has 1 aromatic heterocycles. The highest BCUT2D eigenvalue weighted by molar-refractivity contribution is 7.89. The van der Waals surface area contributed by atoms with Gasteiger partial charge in [0, 0.05) is 50.3 Å². The van der Waals surface area contributed by atoms with E-state index in [2.05, 4.69) is 9.59 Å². The van der Waals surface area contributed by atoms with Gasteiger partial charge in [0.2, 0.25) is 10.0 Å². The molecule has 146 valence electrons. The minimum Gasteiger partial charge on any atom is -0.490 e. The van der Waals surface area contributed by atoms with Crippen molar-refractivity contribution in [2.24, 2.45) is 0 Å². The molecule has 1 aromatic carbocycles. The topological polar surface area (TPSA) is 119 Å². The van der Waals surface area contributed by atoms with E-state index in [1.807, 2.05) is 4.90 Å². The second kappa shape index (κ2) is 8.02. The fourth-order valence-corrected chi connectivity index (χ4v) is 4.81. The number of nitro benzene ring substituents is 1. The number of ether oxygens (including phenoxy) is 1. The molecule has 2 aromatic rings. The number of sulfonamides is 1. The number of nitro groups is 1. The van der Waals surface area contributed by atoms with Crippen LogP contribution >= 0.6 is 23.1 Å². The molecular formula is C14H16ClN5O5S2. The summed E-state index contributed by atoms with van der Waals surface area (Å²) in [5, 5.41) is 15.1. The van der Waals surface area contributed by atoms with E-state index in [1.54, 1.807) is 0 Å². The number of aromatic nitrogens is 2. The highest BCUT2D eigenvalue weighted by Gasteiger charge is 2.31. The van der Waals surface area contributed by atoms with Crippen LogP contribution in [-0.2, 0) is 16.6 Å². The summed E-state index contributed by atoms with van der Waals surface area (Å²) >= 11 is 7.11. The maximum absolute atomic E-state index is 12.8. The average molecular weight is 434 g/mol. The number of hydrogen-bond donors (Lipinski definition) is 0. The van der Waals surface area contributed by atoms with Gasteiger partial charge in [0.15, 0.2) is 5.75 Å². The number of rotatable bonds is 6. The van der Waals surface area contributed by atoms with E-state index in [4.69, 9.17) is 16.3 Å². The first kappa shape index (κ1) is 19.9. The molecule has 0 amide bonds. The van der Waals surface area contributed by atoms with Gasteiger partial charge in [0.25, 0.3) is 0 Å². The Balaban J connectivity index is 1.72. The molecule has 0 atom stereocenters. The van der Waals surface area contributed by atoms with E-state index in [9.17, 15) is 18.5 Å². The molecule has 1 aliphatic heterocycles. The Morgan fingerprint density at radius 3 is 2.59 bits per heavy atom. The molecule has 0 unspecified atom stereocenters. The number of nitrogens with zero attached hydrogens (tertiary/aromatic N) is 5. The lowest BCUT2D eigenvalue weighted by molar-refractivity contribution is -0.386. The smallest absolute Gasteiger partial charge is 0.312 e. The van der Waals surface area contributed by atoms with Gasteiger partial charge in [-0.25, -0.2) is 8.42 Å². The largest absolute Gasteiger partial charge is 0.490 e. The Hall–Kier alpha value is -1.86. The maximum Gasteiger partial charge on any atom is 0.312 e. The molecular weight excluding hydrogens is 418 g/mol. The third-order valence-electron chi connectivity index (χ3n) is 4.20. The number of piperazine rings is 1. The summed E-state index contributed by atoms with van der Waals surface area (Å²) in [4.78, 5) is 12.4. The van der Waals surface area contributed by atoms with Crippen molar-refractivity contribution in [1.29, 1.82) is 0 Å². The Kier molecular flexibility index (Phi) is 5.91. The van der Waals surface area contributed by atoms with Crippen LogP contribution in [0.1, 0.15) is 5.69 Å². The van der Waals surface area contributed by atoms with E-state index >= 15 is 0 Å². The second-order valence-corrected chi connectivity index (χ2v) is 9.06.